The van der Waals surface area contributed by atoms with Gasteiger partial charge in [-0.15, -0.1) is 0 Å². The summed E-state index contributed by atoms with van der Waals surface area (Å²) in [5, 5.41) is 0. The molecule has 0 N–H and O–H groups in total. The van der Waals surface area contributed by atoms with Crippen molar-refractivity contribution in [3.63, 3.8) is 0 Å². The first-order valence-corrected chi connectivity index (χ1v) is 7.20. The molecule has 0 aromatic heterocycles. The Bertz CT molecular complexity index is 746. The number of carbonyl (C=O) groups excluding carboxylic acids is 1. The van der Waals surface area contributed by atoms with Crippen LogP contribution in [0.15, 0.2) is 76.9 Å². The quantitative estimate of drug-likeness (QED) is 0.808. The van der Waals surface area contributed by atoms with Gasteiger partial charge in [0.05, 0.1) is 24.3 Å². The van der Waals surface area contributed by atoms with Crippen LogP contribution in [0.3, 0.4) is 0 Å². The number of ether oxygens (including phenoxy) is 1. The smallest absolute Gasteiger partial charge is 0.336 e. The first-order valence-electron chi connectivity index (χ1n) is 7.20. The van der Waals surface area contributed by atoms with Crippen LogP contribution in [0.1, 0.15) is 24.0 Å². The highest BCUT2D eigenvalue weighted by atomic mass is 16.5. The maximum atomic E-state index is 12.2. The van der Waals surface area contributed by atoms with Crippen LogP contribution in [0.25, 0.3) is 0 Å². The summed E-state index contributed by atoms with van der Waals surface area (Å²) in [6.45, 7) is 1.86. The van der Waals surface area contributed by atoms with E-state index < -0.39 is 0 Å². The van der Waals surface area contributed by atoms with Gasteiger partial charge in [-0.05, 0) is 18.1 Å². The molecule has 0 aliphatic carbocycles. The van der Waals surface area contributed by atoms with Gasteiger partial charge in [0, 0.05) is 5.70 Å². The number of hydrogen-bond acceptors (Lipinski definition) is 3. The monoisotopic (exact) mass is 291 g/mol. The van der Waals surface area contributed by atoms with Crippen LogP contribution >= 0.6 is 0 Å². The molecule has 0 saturated heterocycles. The highest BCUT2D eigenvalue weighted by molar-refractivity contribution is 6.14. The fourth-order valence-electron chi connectivity index (χ4n) is 2.84. The highest BCUT2D eigenvalue weighted by Gasteiger charge is 2.35. The summed E-state index contributed by atoms with van der Waals surface area (Å²) in [5.74, 6) is -0.503. The molecule has 0 saturated carbocycles. The van der Waals surface area contributed by atoms with Crippen molar-refractivity contribution < 1.29 is 9.53 Å². The molecular formula is C19H17NO2. The molecule has 3 nitrogen and oxygen atoms in total. The molecule has 0 spiro atoms. The first kappa shape index (κ1) is 14.3. The van der Waals surface area contributed by atoms with Gasteiger partial charge in [0.15, 0.2) is 0 Å². The Kier molecular flexibility index (Phi) is 3.88. The lowest BCUT2D eigenvalue weighted by Gasteiger charge is -2.17. The average Bonchev–Trinajstić information content (AvgIpc) is 2.93. The largest absolute Gasteiger partial charge is 0.466 e. The van der Waals surface area contributed by atoms with Crippen molar-refractivity contribution in [1.29, 1.82) is 0 Å². The zero-order valence-electron chi connectivity index (χ0n) is 12.6. The normalized spacial score (nSPS) is 17.4. The van der Waals surface area contributed by atoms with E-state index in [-0.39, 0.29) is 11.9 Å². The molecule has 0 amide bonds. The number of allylic oxidation sites excluding steroid dienone is 1. The second kappa shape index (κ2) is 5.98. The number of nitrogens with zero attached hydrogens (tertiary/aromatic N) is 1. The first-order chi connectivity index (χ1) is 10.7. The Morgan fingerprint density at radius 3 is 2.18 bits per heavy atom. The van der Waals surface area contributed by atoms with Crippen LogP contribution in [0.2, 0.25) is 0 Å². The third kappa shape index (κ3) is 2.46. The van der Waals surface area contributed by atoms with E-state index in [1.165, 1.54) is 7.11 Å². The highest BCUT2D eigenvalue weighted by Crippen LogP contribution is 2.37. The van der Waals surface area contributed by atoms with Gasteiger partial charge in [-0.1, -0.05) is 60.7 Å². The van der Waals surface area contributed by atoms with Gasteiger partial charge in [0.25, 0.3) is 0 Å². The number of rotatable bonds is 3. The third-order valence-electron chi connectivity index (χ3n) is 3.85. The summed E-state index contributed by atoms with van der Waals surface area (Å²) in [6, 6.07) is 19.9. The number of methoxy groups -OCH3 is 1. The zero-order chi connectivity index (χ0) is 15.5. The molecule has 3 heteroatoms. The molecule has 1 atom stereocenters. The zero-order valence-corrected chi connectivity index (χ0v) is 12.6. The Morgan fingerprint density at radius 1 is 1.00 bits per heavy atom. The van der Waals surface area contributed by atoms with Crippen LogP contribution in [0.4, 0.5) is 0 Å². The van der Waals surface area contributed by atoms with Gasteiger partial charge >= 0.3 is 5.97 Å². The van der Waals surface area contributed by atoms with E-state index in [9.17, 15) is 4.79 Å². The lowest BCUT2D eigenvalue weighted by molar-refractivity contribution is -0.136. The topological polar surface area (TPSA) is 38.7 Å². The molecule has 22 heavy (non-hydrogen) atoms. The summed E-state index contributed by atoms with van der Waals surface area (Å²) >= 11 is 0. The number of hydrogen-bond donors (Lipinski definition) is 0. The van der Waals surface area contributed by atoms with E-state index >= 15 is 0 Å². The van der Waals surface area contributed by atoms with Crippen LogP contribution in [-0.2, 0) is 9.53 Å². The number of esters is 1. The molecular weight excluding hydrogens is 274 g/mol. The minimum absolute atomic E-state index is 0.184. The Morgan fingerprint density at radius 2 is 1.59 bits per heavy atom. The molecule has 0 fully saturated rings. The summed E-state index contributed by atoms with van der Waals surface area (Å²) in [5.41, 5.74) is 4.30. The van der Waals surface area contributed by atoms with E-state index in [0.717, 1.165) is 22.5 Å². The van der Waals surface area contributed by atoms with Gasteiger partial charge in [0.2, 0.25) is 0 Å². The lowest BCUT2D eigenvalue weighted by atomic mass is 9.85. The molecule has 0 unspecified atom stereocenters. The fraction of sp³-hybridized carbons (Fsp3) is 0.158. The van der Waals surface area contributed by atoms with E-state index in [0.29, 0.717) is 5.57 Å². The number of aliphatic imine (C=N–C) groups is 1. The molecule has 1 aliphatic rings. The van der Waals surface area contributed by atoms with Crippen molar-refractivity contribution >= 4 is 11.7 Å². The van der Waals surface area contributed by atoms with Crippen LogP contribution in [-0.4, -0.2) is 18.8 Å². The Hall–Kier alpha value is -2.68. The van der Waals surface area contributed by atoms with Crippen LogP contribution in [0, 0.1) is 0 Å². The summed E-state index contributed by atoms with van der Waals surface area (Å²) < 4.78 is 4.97. The van der Waals surface area contributed by atoms with Crippen molar-refractivity contribution in [2.75, 3.05) is 7.11 Å². The summed E-state index contributed by atoms with van der Waals surface area (Å²) in [6.07, 6.45) is 0. The predicted molar refractivity (Wildman–Crippen MR) is 86.9 cm³/mol. The van der Waals surface area contributed by atoms with E-state index in [2.05, 4.69) is 4.99 Å². The average molecular weight is 291 g/mol. The minimum atomic E-state index is -0.318. The van der Waals surface area contributed by atoms with E-state index in [1.54, 1.807) is 0 Å². The van der Waals surface area contributed by atoms with Gasteiger partial charge < -0.3 is 4.74 Å². The Labute approximate surface area is 130 Å². The summed E-state index contributed by atoms with van der Waals surface area (Å²) in [7, 11) is 1.41. The summed E-state index contributed by atoms with van der Waals surface area (Å²) in [4.78, 5) is 16.9. The molecule has 3 rings (SSSR count). The van der Waals surface area contributed by atoms with Gasteiger partial charge in [-0.25, -0.2) is 4.79 Å². The molecule has 110 valence electrons. The molecule has 1 heterocycles. The SMILES string of the molecule is COC(=O)C1=C(C)N=C(c2ccccc2)[C@H]1c1ccccc1. The standard InChI is InChI=1S/C19H17NO2/c1-13-16(19(21)22-2)17(14-9-5-3-6-10-14)18(20-13)15-11-7-4-8-12-15/h3-12,17H,1-2H3/t17-/m0/s1. The predicted octanol–water partition coefficient (Wildman–Crippen LogP) is 3.72. The molecule has 0 radical (unpaired) electrons. The van der Waals surface area contributed by atoms with Crippen molar-refractivity contribution in [3.8, 4) is 0 Å². The van der Waals surface area contributed by atoms with Crippen LogP contribution < -0.4 is 0 Å². The van der Waals surface area contributed by atoms with Gasteiger partial charge in [0.1, 0.15) is 0 Å². The second-order valence-corrected chi connectivity index (χ2v) is 5.20. The van der Waals surface area contributed by atoms with E-state index in [1.807, 2.05) is 67.6 Å². The van der Waals surface area contributed by atoms with Crippen molar-refractivity contribution in [2.24, 2.45) is 4.99 Å². The number of benzene rings is 2. The maximum absolute atomic E-state index is 12.2. The van der Waals surface area contributed by atoms with Gasteiger partial charge in [-0.3, -0.25) is 4.99 Å². The second-order valence-electron chi connectivity index (χ2n) is 5.20. The third-order valence-corrected chi connectivity index (χ3v) is 3.85. The minimum Gasteiger partial charge on any atom is -0.466 e. The van der Waals surface area contributed by atoms with Gasteiger partial charge in [-0.2, -0.15) is 0 Å². The number of carbonyl (C=O) groups is 1. The molecule has 1 aliphatic heterocycles. The van der Waals surface area contributed by atoms with Crippen molar-refractivity contribution in [3.05, 3.63) is 83.1 Å². The molecule has 0 bridgehead atoms. The van der Waals surface area contributed by atoms with Crippen LogP contribution in [0.5, 0.6) is 0 Å². The van der Waals surface area contributed by atoms with E-state index in [4.69, 9.17) is 4.74 Å². The fourth-order valence-corrected chi connectivity index (χ4v) is 2.84. The van der Waals surface area contributed by atoms with Crippen molar-refractivity contribution in [1.82, 2.24) is 0 Å². The lowest BCUT2D eigenvalue weighted by Crippen LogP contribution is -2.18. The molecule has 2 aromatic carbocycles. The Balaban J connectivity index is 2.13. The maximum Gasteiger partial charge on any atom is 0.336 e. The molecule has 2 aromatic rings. The van der Waals surface area contributed by atoms with Crippen molar-refractivity contribution in [2.45, 2.75) is 12.8 Å².